The Bertz CT molecular complexity index is 916. The van der Waals surface area contributed by atoms with Crippen LogP contribution in [0.2, 0.25) is 0 Å². The van der Waals surface area contributed by atoms with Gasteiger partial charge in [0.2, 0.25) is 0 Å². The summed E-state index contributed by atoms with van der Waals surface area (Å²) < 4.78 is 0. The second-order valence-electron chi connectivity index (χ2n) is 12.5. The standard InChI is InChI=1S/C30H46N2P2/c1-28(2,3)30(33,29(4,5)6)27-13-12-23(22-10-8-7-9-11-22)18-24(27)21-34(25-14-16-31-19-25)26-15-17-32-20-26/h7-13,18,25-26,31-32H,14-17,19-21,33H2,1-6H3. The van der Waals surface area contributed by atoms with Gasteiger partial charge in [0.1, 0.15) is 0 Å². The van der Waals surface area contributed by atoms with Crippen molar-refractivity contribution in [3.8, 4) is 11.1 Å². The Labute approximate surface area is 212 Å². The van der Waals surface area contributed by atoms with Crippen molar-refractivity contribution in [3.63, 3.8) is 0 Å². The molecule has 2 aliphatic heterocycles. The molecule has 2 saturated heterocycles. The molecule has 186 valence electrons. The predicted octanol–water partition coefficient (Wildman–Crippen LogP) is 7.22. The van der Waals surface area contributed by atoms with Gasteiger partial charge in [-0.05, 0) is 76.5 Å². The fraction of sp³-hybridized carbons (Fsp3) is 0.600. The van der Waals surface area contributed by atoms with Crippen LogP contribution in [0.4, 0.5) is 0 Å². The monoisotopic (exact) mass is 496 g/mol. The van der Waals surface area contributed by atoms with E-state index >= 15 is 0 Å². The lowest BCUT2D eigenvalue weighted by molar-refractivity contribution is 0.139. The summed E-state index contributed by atoms with van der Waals surface area (Å²) in [5.41, 5.74) is 7.74. The number of rotatable bonds is 6. The van der Waals surface area contributed by atoms with Crippen molar-refractivity contribution in [2.45, 2.75) is 77.0 Å². The highest BCUT2D eigenvalue weighted by Crippen LogP contribution is 2.61. The first-order chi connectivity index (χ1) is 16.0. The first-order valence-electron chi connectivity index (χ1n) is 13.2. The van der Waals surface area contributed by atoms with E-state index in [9.17, 15) is 0 Å². The zero-order valence-electron chi connectivity index (χ0n) is 22.2. The summed E-state index contributed by atoms with van der Waals surface area (Å²) in [4.78, 5) is 0. The maximum Gasteiger partial charge on any atom is 0.0196 e. The second-order valence-corrected chi connectivity index (χ2v) is 16.2. The molecule has 4 heteroatoms. The van der Waals surface area contributed by atoms with Crippen molar-refractivity contribution in [2.75, 3.05) is 26.2 Å². The van der Waals surface area contributed by atoms with E-state index in [4.69, 9.17) is 0 Å². The highest BCUT2D eigenvalue weighted by molar-refractivity contribution is 7.58. The van der Waals surface area contributed by atoms with Gasteiger partial charge in [-0.3, -0.25) is 0 Å². The number of hydrogen-bond donors (Lipinski definition) is 2. The fourth-order valence-electron chi connectivity index (χ4n) is 6.45. The molecule has 2 nitrogen and oxygen atoms in total. The first kappa shape index (κ1) is 26.3. The van der Waals surface area contributed by atoms with E-state index in [0.29, 0.717) is 0 Å². The molecule has 0 spiro atoms. The van der Waals surface area contributed by atoms with Crippen LogP contribution in [0.5, 0.6) is 0 Å². The Balaban J connectivity index is 1.85. The summed E-state index contributed by atoms with van der Waals surface area (Å²) >= 11 is 0. The smallest absolute Gasteiger partial charge is 0.0196 e. The fourth-order valence-corrected chi connectivity index (χ4v) is 10.1. The third-order valence-corrected chi connectivity index (χ3v) is 13.9. The average Bonchev–Trinajstić information content (AvgIpc) is 3.50. The first-order valence-corrected chi connectivity index (χ1v) is 15.4. The molecule has 4 rings (SSSR count). The Kier molecular flexibility index (Phi) is 7.96. The molecule has 0 radical (unpaired) electrons. The van der Waals surface area contributed by atoms with Gasteiger partial charge >= 0.3 is 0 Å². The molecule has 2 aromatic rings. The maximum absolute atomic E-state index is 3.68. The molecule has 0 bridgehead atoms. The Morgan fingerprint density at radius 1 is 0.794 bits per heavy atom. The van der Waals surface area contributed by atoms with Gasteiger partial charge in [-0.25, -0.2) is 0 Å². The summed E-state index contributed by atoms with van der Waals surface area (Å²) in [6, 6.07) is 18.4. The SMILES string of the molecule is CC(C)(C)C(P)(c1ccc(-c2ccccc2)cc1CP(C1CCNC1)C1CCNC1)C(C)(C)C. The van der Waals surface area contributed by atoms with Crippen molar-refractivity contribution < 1.29 is 0 Å². The third kappa shape index (κ3) is 5.18. The quantitative estimate of drug-likeness (QED) is 0.413. The van der Waals surface area contributed by atoms with Gasteiger partial charge in [-0.15, -0.1) is 9.24 Å². The number of nitrogens with one attached hydrogen (secondary N) is 2. The zero-order valence-corrected chi connectivity index (χ0v) is 24.3. The van der Waals surface area contributed by atoms with E-state index in [1.165, 1.54) is 56.3 Å². The minimum atomic E-state index is -0.0898. The summed E-state index contributed by atoms with van der Waals surface area (Å²) in [7, 11) is 3.28. The van der Waals surface area contributed by atoms with Crippen LogP contribution in [0.15, 0.2) is 48.5 Å². The Morgan fingerprint density at radius 3 is 1.82 bits per heavy atom. The van der Waals surface area contributed by atoms with Gasteiger partial charge < -0.3 is 10.6 Å². The highest BCUT2D eigenvalue weighted by Gasteiger charge is 2.49. The van der Waals surface area contributed by atoms with Gasteiger partial charge in [0.15, 0.2) is 0 Å². The molecule has 2 aromatic carbocycles. The van der Waals surface area contributed by atoms with Crippen molar-refractivity contribution in [1.29, 1.82) is 0 Å². The van der Waals surface area contributed by atoms with E-state index in [2.05, 4.69) is 110 Å². The van der Waals surface area contributed by atoms with Gasteiger partial charge in [-0.2, -0.15) is 0 Å². The average molecular weight is 497 g/mol. The van der Waals surface area contributed by atoms with Crippen molar-refractivity contribution in [2.24, 2.45) is 10.8 Å². The predicted molar refractivity (Wildman–Crippen MR) is 155 cm³/mol. The molecular formula is C30H46N2P2. The van der Waals surface area contributed by atoms with E-state index in [1.54, 1.807) is 11.1 Å². The molecule has 3 unspecified atom stereocenters. The van der Waals surface area contributed by atoms with Crippen molar-refractivity contribution >= 4 is 17.2 Å². The van der Waals surface area contributed by atoms with Crippen LogP contribution in [0, 0.1) is 10.8 Å². The topological polar surface area (TPSA) is 24.1 Å². The van der Waals surface area contributed by atoms with Gasteiger partial charge in [0, 0.05) is 18.2 Å². The van der Waals surface area contributed by atoms with Crippen LogP contribution >= 0.6 is 17.2 Å². The van der Waals surface area contributed by atoms with E-state index in [1.807, 2.05) is 0 Å². The molecule has 0 aromatic heterocycles. The zero-order chi connectivity index (χ0) is 24.6. The molecule has 2 aliphatic rings. The van der Waals surface area contributed by atoms with Gasteiger partial charge in [-0.1, -0.05) is 98.0 Å². The Morgan fingerprint density at radius 2 is 1.35 bits per heavy atom. The van der Waals surface area contributed by atoms with Gasteiger partial charge in [0.25, 0.3) is 0 Å². The molecule has 0 amide bonds. The van der Waals surface area contributed by atoms with Crippen LogP contribution in [-0.2, 0) is 11.3 Å². The van der Waals surface area contributed by atoms with Crippen LogP contribution < -0.4 is 10.6 Å². The summed E-state index contributed by atoms with van der Waals surface area (Å²) in [6.45, 7) is 19.3. The minimum absolute atomic E-state index is 0.0204. The lowest BCUT2D eigenvalue weighted by Crippen LogP contribution is -2.45. The number of hydrogen-bond acceptors (Lipinski definition) is 2. The van der Waals surface area contributed by atoms with Crippen LogP contribution in [0.3, 0.4) is 0 Å². The minimum Gasteiger partial charge on any atom is -0.316 e. The summed E-state index contributed by atoms with van der Waals surface area (Å²) in [5.74, 6) is 0. The third-order valence-electron chi connectivity index (χ3n) is 8.36. The molecule has 2 fully saturated rings. The van der Waals surface area contributed by atoms with Crippen LogP contribution in [0.25, 0.3) is 11.1 Å². The molecule has 2 heterocycles. The van der Waals surface area contributed by atoms with Crippen LogP contribution in [0.1, 0.15) is 65.5 Å². The summed E-state index contributed by atoms with van der Waals surface area (Å²) in [6.07, 6.45) is 3.94. The molecular weight excluding hydrogens is 450 g/mol. The van der Waals surface area contributed by atoms with Crippen molar-refractivity contribution in [1.82, 2.24) is 10.6 Å². The van der Waals surface area contributed by atoms with Crippen LogP contribution in [-0.4, -0.2) is 37.5 Å². The van der Waals surface area contributed by atoms with Gasteiger partial charge in [0.05, 0.1) is 0 Å². The molecule has 0 aliphatic carbocycles. The molecule has 34 heavy (non-hydrogen) atoms. The highest BCUT2D eigenvalue weighted by atomic mass is 31.1. The molecule has 3 atom stereocenters. The largest absolute Gasteiger partial charge is 0.316 e. The molecule has 2 N–H and O–H groups in total. The second kappa shape index (κ2) is 10.3. The van der Waals surface area contributed by atoms with Crippen molar-refractivity contribution in [3.05, 3.63) is 59.7 Å². The normalized spacial score (nSPS) is 22.8. The van der Waals surface area contributed by atoms with E-state index < -0.39 is 0 Å². The van der Waals surface area contributed by atoms with E-state index in [0.717, 1.165) is 11.3 Å². The maximum atomic E-state index is 3.68. The summed E-state index contributed by atoms with van der Waals surface area (Å²) in [5, 5.41) is 7.35. The Hall–Kier alpha value is -0.780. The lowest BCUT2D eigenvalue weighted by Gasteiger charge is -2.52. The lowest BCUT2D eigenvalue weighted by atomic mass is 9.61. The van der Waals surface area contributed by atoms with E-state index in [-0.39, 0.29) is 23.9 Å². The number of benzene rings is 2. The molecule has 0 saturated carbocycles.